The molecule has 4 aromatic heterocycles. The normalized spacial score (nSPS) is 23.2. The van der Waals surface area contributed by atoms with Crippen molar-refractivity contribution in [3.05, 3.63) is 84.7 Å². The lowest BCUT2D eigenvalue weighted by atomic mass is 9.85. The summed E-state index contributed by atoms with van der Waals surface area (Å²) < 4.78 is 49.2. The van der Waals surface area contributed by atoms with E-state index in [0.717, 1.165) is 124 Å². The third kappa shape index (κ3) is 11.2. The molecule has 0 amide bonds. The number of fused-ring (bicyclic) bond motifs is 2. The summed E-state index contributed by atoms with van der Waals surface area (Å²) >= 11 is 0. The molecule has 2 aliphatic carbocycles. The predicted molar refractivity (Wildman–Crippen MR) is 247 cm³/mol. The van der Waals surface area contributed by atoms with E-state index in [9.17, 15) is 18.4 Å². The number of pyridine rings is 2. The minimum Gasteiger partial charge on any atom is -0.469 e. The molecule has 2 saturated carbocycles. The summed E-state index contributed by atoms with van der Waals surface area (Å²) in [5, 5.41) is 0. The second-order valence-corrected chi connectivity index (χ2v) is 18.1. The third-order valence-electron chi connectivity index (χ3n) is 13.6. The average Bonchev–Trinajstić information content (AvgIpc) is 4.18. The lowest BCUT2D eigenvalue weighted by molar-refractivity contribution is -0.143. The van der Waals surface area contributed by atoms with Crippen LogP contribution in [0.3, 0.4) is 0 Å². The number of carbonyl (C=O) groups excluding carboxylic acids is 2. The lowest BCUT2D eigenvalue weighted by Crippen LogP contribution is -2.30. The number of anilines is 2. The minimum atomic E-state index is -0.286. The number of imidazole rings is 2. The molecule has 10 rings (SSSR count). The van der Waals surface area contributed by atoms with Crippen molar-refractivity contribution in [1.29, 1.82) is 0 Å². The maximum atomic E-state index is 13.4. The molecule has 0 spiro atoms. The van der Waals surface area contributed by atoms with Gasteiger partial charge in [0.05, 0.1) is 60.7 Å². The minimum absolute atomic E-state index is 0.112. The van der Waals surface area contributed by atoms with Crippen molar-refractivity contribution in [2.24, 2.45) is 11.8 Å². The number of aromatic nitrogens is 6. The smallest absolute Gasteiger partial charge is 0.305 e. The van der Waals surface area contributed by atoms with Crippen LogP contribution in [0.4, 0.5) is 20.4 Å². The zero-order chi connectivity index (χ0) is 45.6. The molecular formula is C50H58F2N8O6. The van der Waals surface area contributed by atoms with Gasteiger partial charge < -0.3 is 38.7 Å². The van der Waals surface area contributed by atoms with Gasteiger partial charge in [0.15, 0.2) is 0 Å². The summed E-state index contributed by atoms with van der Waals surface area (Å²) in [6.07, 6.45) is 15.7. The molecule has 16 heteroatoms. The zero-order valence-corrected chi connectivity index (χ0v) is 37.6. The number of nitrogens with zero attached hydrogens (tertiary/aromatic N) is 6. The second-order valence-electron chi connectivity index (χ2n) is 18.1. The Hall–Kier alpha value is -6.00. The summed E-state index contributed by atoms with van der Waals surface area (Å²) in [5.74, 6) is 3.26. The van der Waals surface area contributed by atoms with Crippen LogP contribution in [0.15, 0.2) is 73.1 Å². The van der Waals surface area contributed by atoms with E-state index in [1.54, 1.807) is 24.5 Å². The van der Waals surface area contributed by atoms with Gasteiger partial charge in [-0.15, -0.1) is 0 Å². The molecule has 4 fully saturated rings. The van der Waals surface area contributed by atoms with E-state index in [4.69, 9.17) is 18.9 Å². The Labute approximate surface area is 382 Å². The number of hydrogen-bond acceptors (Lipinski definition) is 12. The first-order valence-corrected chi connectivity index (χ1v) is 23.3. The molecular weight excluding hydrogens is 847 g/mol. The van der Waals surface area contributed by atoms with Crippen molar-refractivity contribution in [1.82, 2.24) is 29.9 Å². The van der Waals surface area contributed by atoms with E-state index < -0.39 is 0 Å². The SMILES string of the molecule is COC(=O)CC1CCC(OC2CCN(c3ccc(-c4nc5ccc(F)cc5[nH]4)cn3)C2)CC1.COC(=O)CC1CCC(O[C@@H]2CCN(c3ccc(-c4nc5ccc(F)cc5[nH]4)cn3)C2)CC1. The van der Waals surface area contributed by atoms with Gasteiger partial charge in [-0.25, -0.2) is 28.7 Å². The molecule has 2 atom stereocenters. The van der Waals surface area contributed by atoms with Gasteiger partial charge in [-0.1, -0.05) is 0 Å². The molecule has 6 aromatic rings. The van der Waals surface area contributed by atoms with E-state index in [2.05, 4.69) is 39.7 Å². The standard InChI is InChI=1S/2C25H29FN4O3/c2*1-32-24(31)12-16-2-6-19(7-3-16)33-20-10-11-30(15-20)23-9-4-17(14-27-23)25-28-21-8-5-18(26)13-22(21)29-25/h2*4-5,8-9,13-14,16,19-20H,2-3,6-7,10-12,15H2,1H3,(H,28,29)/t16?,19?,20-;/m1./s1. The molecule has 2 N–H and O–H groups in total. The van der Waals surface area contributed by atoms with Gasteiger partial charge in [0.1, 0.15) is 34.9 Å². The first kappa shape index (κ1) is 45.2. The van der Waals surface area contributed by atoms with E-state index in [-0.39, 0.29) is 48.0 Å². The van der Waals surface area contributed by atoms with Crippen LogP contribution in [0.25, 0.3) is 44.8 Å². The Bertz CT molecular complexity index is 2390. The van der Waals surface area contributed by atoms with Crippen molar-refractivity contribution in [2.75, 3.05) is 50.2 Å². The number of carbonyl (C=O) groups is 2. The Balaban J connectivity index is 0.000000166. The van der Waals surface area contributed by atoms with Crippen LogP contribution in [-0.2, 0) is 28.5 Å². The van der Waals surface area contributed by atoms with E-state index in [1.807, 2.05) is 24.3 Å². The first-order valence-electron chi connectivity index (χ1n) is 23.3. The quantitative estimate of drug-likeness (QED) is 0.112. The fourth-order valence-corrected chi connectivity index (χ4v) is 9.88. The molecule has 0 radical (unpaired) electrons. The number of esters is 2. The van der Waals surface area contributed by atoms with Crippen molar-refractivity contribution in [3.8, 4) is 22.8 Å². The Morgan fingerprint density at radius 2 is 1.00 bits per heavy atom. The van der Waals surface area contributed by atoms with Crippen LogP contribution in [0.2, 0.25) is 0 Å². The maximum Gasteiger partial charge on any atom is 0.305 e. The van der Waals surface area contributed by atoms with E-state index >= 15 is 0 Å². The molecule has 0 bridgehead atoms. The molecule has 2 saturated heterocycles. The predicted octanol–water partition coefficient (Wildman–Crippen LogP) is 8.96. The van der Waals surface area contributed by atoms with Gasteiger partial charge in [0, 0.05) is 62.5 Å². The largest absolute Gasteiger partial charge is 0.469 e. The molecule has 348 valence electrons. The molecule has 6 heterocycles. The fraction of sp³-hybridized carbons (Fsp3) is 0.480. The van der Waals surface area contributed by atoms with Crippen LogP contribution in [0.1, 0.15) is 77.0 Å². The number of nitrogens with one attached hydrogen (secondary N) is 2. The van der Waals surface area contributed by atoms with Crippen LogP contribution < -0.4 is 9.80 Å². The number of aromatic amines is 2. The van der Waals surface area contributed by atoms with Crippen molar-refractivity contribution < 1.29 is 37.3 Å². The molecule has 4 aliphatic rings. The lowest BCUT2D eigenvalue weighted by Gasteiger charge is -2.30. The number of ether oxygens (including phenoxy) is 4. The topological polar surface area (TPSA) is 161 Å². The number of H-pyrrole nitrogens is 2. The summed E-state index contributed by atoms with van der Waals surface area (Å²) in [6.45, 7) is 3.49. The van der Waals surface area contributed by atoms with Crippen LogP contribution >= 0.6 is 0 Å². The van der Waals surface area contributed by atoms with Gasteiger partial charge in [0.2, 0.25) is 0 Å². The zero-order valence-electron chi connectivity index (χ0n) is 37.6. The Morgan fingerprint density at radius 1 is 0.576 bits per heavy atom. The number of methoxy groups -OCH3 is 2. The molecule has 14 nitrogen and oxygen atoms in total. The first-order chi connectivity index (χ1) is 32.1. The monoisotopic (exact) mass is 904 g/mol. The van der Waals surface area contributed by atoms with E-state index in [1.165, 1.54) is 38.5 Å². The van der Waals surface area contributed by atoms with Crippen LogP contribution in [-0.4, -0.2) is 107 Å². The van der Waals surface area contributed by atoms with Gasteiger partial charge in [-0.2, -0.15) is 0 Å². The summed E-state index contributed by atoms with van der Waals surface area (Å²) in [6, 6.07) is 17.0. The third-order valence-corrected chi connectivity index (χ3v) is 13.6. The number of benzene rings is 2. The molecule has 2 aromatic carbocycles. The van der Waals surface area contributed by atoms with Gasteiger partial charge in [-0.05, 0) is 137 Å². The summed E-state index contributed by atoms with van der Waals surface area (Å²) in [7, 11) is 2.90. The van der Waals surface area contributed by atoms with Gasteiger partial charge in [-0.3, -0.25) is 9.59 Å². The molecule has 2 aliphatic heterocycles. The van der Waals surface area contributed by atoms with Crippen LogP contribution in [0.5, 0.6) is 0 Å². The summed E-state index contributed by atoms with van der Waals surface area (Å²) in [5.41, 5.74) is 4.54. The van der Waals surface area contributed by atoms with Crippen molar-refractivity contribution in [2.45, 2.75) is 101 Å². The average molecular weight is 905 g/mol. The number of rotatable bonds is 12. The second kappa shape index (κ2) is 20.7. The highest BCUT2D eigenvalue weighted by Gasteiger charge is 2.32. The van der Waals surface area contributed by atoms with Gasteiger partial charge >= 0.3 is 11.9 Å². The number of hydrogen-bond donors (Lipinski definition) is 2. The molecule has 1 unspecified atom stereocenters. The van der Waals surface area contributed by atoms with Crippen molar-refractivity contribution >= 4 is 45.6 Å². The Morgan fingerprint density at radius 3 is 1.38 bits per heavy atom. The van der Waals surface area contributed by atoms with Crippen LogP contribution in [0, 0.1) is 23.5 Å². The molecule has 66 heavy (non-hydrogen) atoms. The van der Waals surface area contributed by atoms with Gasteiger partial charge in [0.25, 0.3) is 0 Å². The Kier molecular flexibility index (Phi) is 14.1. The van der Waals surface area contributed by atoms with E-state index in [0.29, 0.717) is 47.4 Å². The van der Waals surface area contributed by atoms with Crippen molar-refractivity contribution in [3.63, 3.8) is 0 Å². The highest BCUT2D eigenvalue weighted by molar-refractivity contribution is 5.80. The number of halogens is 2. The summed E-state index contributed by atoms with van der Waals surface area (Å²) in [4.78, 5) is 52.1. The fourth-order valence-electron chi connectivity index (χ4n) is 9.88. The maximum absolute atomic E-state index is 13.4. The highest BCUT2D eigenvalue weighted by atomic mass is 19.1. The highest BCUT2D eigenvalue weighted by Crippen LogP contribution is 2.34.